The average Bonchev–Trinajstić information content (AvgIpc) is 2.96. The summed E-state index contributed by atoms with van der Waals surface area (Å²) in [4.78, 5) is 13.7. The van der Waals surface area contributed by atoms with Crippen LogP contribution in [0.1, 0.15) is 16.1 Å². The van der Waals surface area contributed by atoms with E-state index in [1.165, 1.54) is 18.4 Å². The van der Waals surface area contributed by atoms with Crippen LogP contribution in [-0.4, -0.2) is 14.3 Å². The van der Waals surface area contributed by atoms with Crippen LogP contribution in [0.5, 0.6) is 0 Å². The summed E-state index contributed by atoms with van der Waals surface area (Å²) in [6, 6.07) is 4.52. The van der Waals surface area contributed by atoms with E-state index < -0.39 is 15.9 Å². The van der Waals surface area contributed by atoms with Crippen LogP contribution in [0.4, 0.5) is 0 Å². The number of aryl methyl sites for hydroxylation is 1. The van der Waals surface area contributed by atoms with Crippen molar-refractivity contribution in [2.75, 3.05) is 0 Å². The Morgan fingerprint density at radius 1 is 1.39 bits per heavy atom. The zero-order valence-corrected chi connectivity index (χ0v) is 11.0. The first-order valence-corrected chi connectivity index (χ1v) is 7.27. The normalized spacial score (nSPS) is 11.4. The van der Waals surface area contributed by atoms with Crippen molar-refractivity contribution in [1.82, 2.24) is 10.3 Å². The summed E-state index contributed by atoms with van der Waals surface area (Å²) in [5.74, 6) is -0.149. The van der Waals surface area contributed by atoms with Crippen LogP contribution in [0.15, 0.2) is 38.5 Å². The Labute approximate surface area is 108 Å². The summed E-state index contributed by atoms with van der Waals surface area (Å²) in [7, 11) is -3.71. The van der Waals surface area contributed by atoms with Crippen molar-refractivity contribution in [3.8, 4) is 0 Å². The molecule has 18 heavy (non-hydrogen) atoms. The number of amides is 1. The highest BCUT2D eigenvalue weighted by Crippen LogP contribution is 2.14. The van der Waals surface area contributed by atoms with Crippen LogP contribution in [-0.2, 0) is 10.0 Å². The number of carbonyl (C=O) groups is 1. The standard InChI is InChI=1S/C10H10N2O4S2/c1-7-8(4-5-16-7)10(13)11-12-18(14,15)9-3-2-6-17-9/h2-6,12H,1H3,(H,11,13). The fraction of sp³-hybridized carbons (Fsp3) is 0.100. The van der Waals surface area contributed by atoms with Crippen LogP contribution in [0, 0.1) is 6.92 Å². The van der Waals surface area contributed by atoms with E-state index in [1.807, 2.05) is 4.83 Å². The van der Waals surface area contributed by atoms with Crippen molar-refractivity contribution >= 4 is 27.3 Å². The predicted molar refractivity (Wildman–Crippen MR) is 65.6 cm³/mol. The van der Waals surface area contributed by atoms with E-state index in [-0.39, 0.29) is 9.77 Å². The van der Waals surface area contributed by atoms with E-state index in [1.54, 1.807) is 18.4 Å². The Balaban J connectivity index is 2.05. The maximum atomic E-state index is 11.7. The summed E-state index contributed by atoms with van der Waals surface area (Å²) in [5, 5.41) is 1.64. The Morgan fingerprint density at radius 3 is 2.72 bits per heavy atom. The molecule has 0 aromatic carbocycles. The maximum Gasteiger partial charge on any atom is 0.269 e. The molecule has 2 heterocycles. The van der Waals surface area contributed by atoms with Gasteiger partial charge in [-0.2, -0.15) is 0 Å². The lowest BCUT2D eigenvalue weighted by Crippen LogP contribution is -2.41. The Hall–Kier alpha value is -1.64. The fourth-order valence-corrected chi connectivity index (χ4v) is 3.10. The van der Waals surface area contributed by atoms with Crippen molar-refractivity contribution in [2.45, 2.75) is 11.1 Å². The van der Waals surface area contributed by atoms with E-state index in [2.05, 4.69) is 5.43 Å². The highest BCUT2D eigenvalue weighted by molar-refractivity contribution is 7.91. The van der Waals surface area contributed by atoms with Crippen molar-refractivity contribution in [3.05, 3.63) is 41.2 Å². The summed E-state index contributed by atoms with van der Waals surface area (Å²) in [6.07, 6.45) is 1.36. The fourth-order valence-electron chi connectivity index (χ4n) is 1.27. The third-order valence-electron chi connectivity index (χ3n) is 2.16. The molecule has 2 rings (SSSR count). The Kier molecular flexibility index (Phi) is 3.50. The molecule has 0 fully saturated rings. The van der Waals surface area contributed by atoms with Crippen molar-refractivity contribution in [2.24, 2.45) is 0 Å². The number of sulfonamides is 1. The lowest BCUT2D eigenvalue weighted by molar-refractivity contribution is 0.0943. The molecule has 0 spiro atoms. The summed E-state index contributed by atoms with van der Waals surface area (Å²) in [5.41, 5.74) is 2.41. The number of hydrazine groups is 1. The van der Waals surface area contributed by atoms with E-state index in [9.17, 15) is 13.2 Å². The van der Waals surface area contributed by atoms with Crippen molar-refractivity contribution in [1.29, 1.82) is 0 Å². The van der Waals surface area contributed by atoms with Gasteiger partial charge in [0, 0.05) is 0 Å². The van der Waals surface area contributed by atoms with Crippen LogP contribution in [0.2, 0.25) is 0 Å². The molecule has 0 saturated carbocycles. The van der Waals surface area contributed by atoms with Gasteiger partial charge in [0.25, 0.3) is 15.9 Å². The summed E-state index contributed by atoms with van der Waals surface area (Å²) >= 11 is 1.06. The van der Waals surface area contributed by atoms with Gasteiger partial charge in [0.05, 0.1) is 11.8 Å². The van der Waals surface area contributed by atoms with Crippen LogP contribution < -0.4 is 10.3 Å². The Morgan fingerprint density at radius 2 is 2.17 bits per heavy atom. The molecule has 2 N–H and O–H groups in total. The minimum atomic E-state index is -3.71. The molecule has 0 radical (unpaired) electrons. The summed E-state index contributed by atoms with van der Waals surface area (Å²) in [6.45, 7) is 1.61. The van der Waals surface area contributed by atoms with Crippen molar-refractivity contribution < 1.29 is 17.6 Å². The van der Waals surface area contributed by atoms with E-state index >= 15 is 0 Å². The number of furan rings is 1. The molecule has 2 aromatic heterocycles. The highest BCUT2D eigenvalue weighted by Gasteiger charge is 2.17. The first-order valence-electron chi connectivity index (χ1n) is 4.90. The van der Waals surface area contributed by atoms with Gasteiger partial charge in [-0.15, -0.1) is 16.2 Å². The second kappa shape index (κ2) is 4.92. The lowest BCUT2D eigenvalue weighted by Gasteiger charge is -2.05. The first-order chi connectivity index (χ1) is 8.50. The first kappa shape index (κ1) is 12.8. The van der Waals surface area contributed by atoms with Gasteiger partial charge in [-0.1, -0.05) is 6.07 Å². The van der Waals surface area contributed by atoms with Crippen LogP contribution in [0.3, 0.4) is 0 Å². The molecule has 0 aliphatic rings. The number of thiophene rings is 1. The second-order valence-corrected chi connectivity index (χ2v) is 6.24. The number of hydrogen-bond acceptors (Lipinski definition) is 5. The molecule has 1 amide bonds. The molecule has 0 aliphatic carbocycles. The lowest BCUT2D eigenvalue weighted by atomic mass is 10.2. The summed E-state index contributed by atoms with van der Waals surface area (Å²) < 4.78 is 28.5. The number of nitrogens with one attached hydrogen (secondary N) is 2. The van der Waals surface area contributed by atoms with Crippen LogP contribution >= 0.6 is 11.3 Å². The van der Waals surface area contributed by atoms with E-state index in [4.69, 9.17) is 4.42 Å². The zero-order valence-electron chi connectivity index (χ0n) is 9.34. The van der Waals surface area contributed by atoms with E-state index in [0.29, 0.717) is 5.76 Å². The average molecular weight is 286 g/mol. The number of hydrogen-bond donors (Lipinski definition) is 2. The monoisotopic (exact) mass is 286 g/mol. The van der Waals surface area contributed by atoms with Crippen LogP contribution in [0.25, 0.3) is 0 Å². The molecule has 96 valence electrons. The zero-order chi connectivity index (χ0) is 13.2. The smallest absolute Gasteiger partial charge is 0.269 e. The van der Waals surface area contributed by atoms with Gasteiger partial charge in [0.2, 0.25) is 0 Å². The molecule has 0 unspecified atom stereocenters. The maximum absolute atomic E-state index is 11.7. The SMILES string of the molecule is Cc1occc1C(=O)NNS(=O)(=O)c1cccs1. The molecule has 0 aliphatic heterocycles. The van der Waals surface area contributed by atoms with Gasteiger partial charge >= 0.3 is 0 Å². The minimum Gasteiger partial charge on any atom is -0.469 e. The Bertz CT molecular complexity index is 643. The third kappa shape index (κ3) is 2.61. The number of carbonyl (C=O) groups excluding carboxylic acids is 1. The largest absolute Gasteiger partial charge is 0.469 e. The molecule has 0 bridgehead atoms. The van der Waals surface area contributed by atoms with Gasteiger partial charge in [-0.05, 0) is 24.4 Å². The molecular formula is C10H10N2O4S2. The van der Waals surface area contributed by atoms with E-state index in [0.717, 1.165) is 11.3 Å². The molecule has 0 atom stereocenters. The minimum absolute atomic E-state index is 0.131. The molecule has 0 saturated heterocycles. The molecular weight excluding hydrogens is 276 g/mol. The molecule has 6 nitrogen and oxygen atoms in total. The van der Waals surface area contributed by atoms with Gasteiger partial charge in [0.15, 0.2) is 0 Å². The van der Waals surface area contributed by atoms with Crippen molar-refractivity contribution in [3.63, 3.8) is 0 Å². The second-order valence-electron chi connectivity index (χ2n) is 3.38. The third-order valence-corrected chi connectivity index (χ3v) is 4.81. The van der Waals surface area contributed by atoms with Gasteiger partial charge in [-0.3, -0.25) is 10.2 Å². The van der Waals surface area contributed by atoms with Gasteiger partial charge in [0.1, 0.15) is 9.97 Å². The molecule has 2 aromatic rings. The molecule has 8 heteroatoms. The number of rotatable bonds is 4. The highest BCUT2D eigenvalue weighted by atomic mass is 32.2. The topological polar surface area (TPSA) is 88.4 Å². The van der Waals surface area contributed by atoms with Gasteiger partial charge < -0.3 is 4.42 Å². The quantitative estimate of drug-likeness (QED) is 0.828. The van der Waals surface area contributed by atoms with Gasteiger partial charge in [-0.25, -0.2) is 8.42 Å². The predicted octanol–water partition coefficient (Wildman–Crippen LogP) is 1.27.